The van der Waals surface area contributed by atoms with Gasteiger partial charge >= 0.3 is 0 Å². The lowest BCUT2D eigenvalue weighted by Crippen LogP contribution is -2.36. The van der Waals surface area contributed by atoms with Crippen molar-refractivity contribution >= 4 is 10.0 Å². The zero-order valence-corrected chi connectivity index (χ0v) is 12.2. The summed E-state index contributed by atoms with van der Waals surface area (Å²) in [6.07, 6.45) is 1.59. The molecule has 1 aromatic rings. The number of aliphatic hydroxyl groups is 1. The number of aryl methyl sites for hydroxylation is 1. The summed E-state index contributed by atoms with van der Waals surface area (Å²) >= 11 is 0. The smallest absolute Gasteiger partial charge is 0.244 e. The van der Waals surface area contributed by atoms with E-state index in [9.17, 15) is 13.5 Å². The van der Waals surface area contributed by atoms with Gasteiger partial charge in [0.15, 0.2) is 0 Å². The predicted molar refractivity (Wildman–Crippen MR) is 70.7 cm³/mol. The first-order chi connectivity index (χ1) is 8.38. The summed E-state index contributed by atoms with van der Waals surface area (Å²) in [7, 11) is -3.47. The molecule has 0 saturated carbocycles. The van der Waals surface area contributed by atoms with Crippen molar-refractivity contribution in [2.24, 2.45) is 0 Å². The van der Waals surface area contributed by atoms with E-state index in [1.54, 1.807) is 16.8 Å². The minimum Gasteiger partial charge on any atom is -0.390 e. The first kappa shape index (κ1) is 15.2. The second-order valence-corrected chi connectivity index (χ2v) is 6.30. The Bertz CT molecular complexity index is 470. The molecule has 0 atom stereocenters. The van der Waals surface area contributed by atoms with Crippen molar-refractivity contribution in [3.8, 4) is 0 Å². The van der Waals surface area contributed by atoms with Crippen LogP contribution in [0.1, 0.15) is 33.4 Å². The highest BCUT2D eigenvalue weighted by Crippen LogP contribution is 2.21. The number of hydrogen-bond donors (Lipinski definition) is 1. The lowest BCUT2D eigenvalue weighted by Gasteiger charge is -2.23. The summed E-state index contributed by atoms with van der Waals surface area (Å²) in [5.41, 5.74) is 0.621. The summed E-state index contributed by atoms with van der Waals surface area (Å²) in [6.45, 7) is 8.36. The summed E-state index contributed by atoms with van der Waals surface area (Å²) in [4.78, 5) is 0.254. The van der Waals surface area contributed by atoms with E-state index in [4.69, 9.17) is 0 Å². The summed E-state index contributed by atoms with van der Waals surface area (Å²) < 4.78 is 28.1. The molecule has 1 rings (SSSR count). The van der Waals surface area contributed by atoms with Crippen molar-refractivity contribution in [1.82, 2.24) is 8.87 Å². The molecule has 0 amide bonds. The van der Waals surface area contributed by atoms with Gasteiger partial charge in [-0.25, -0.2) is 8.42 Å². The first-order valence-electron chi connectivity index (χ1n) is 6.20. The Morgan fingerprint density at radius 1 is 1.39 bits per heavy atom. The van der Waals surface area contributed by atoms with E-state index < -0.39 is 10.0 Å². The molecular formula is C12H22N2O3S. The van der Waals surface area contributed by atoms with Gasteiger partial charge in [0.05, 0.1) is 6.61 Å². The van der Waals surface area contributed by atoms with Crippen LogP contribution < -0.4 is 0 Å². The van der Waals surface area contributed by atoms with Gasteiger partial charge in [0.25, 0.3) is 0 Å². The molecule has 0 fully saturated rings. The maximum atomic E-state index is 12.4. The normalized spacial score (nSPS) is 12.6. The van der Waals surface area contributed by atoms with Crippen molar-refractivity contribution in [2.45, 2.75) is 51.8 Å². The Labute approximate surface area is 109 Å². The van der Waals surface area contributed by atoms with Gasteiger partial charge in [-0.15, -0.1) is 0 Å². The average Bonchev–Trinajstić information content (AvgIpc) is 2.72. The van der Waals surface area contributed by atoms with Crippen LogP contribution in [0.25, 0.3) is 0 Å². The quantitative estimate of drug-likeness (QED) is 0.853. The van der Waals surface area contributed by atoms with Crippen LogP contribution in [0, 0.1) is 0 Å². The molecule has 0 saturated heterocycles. The van der Waals surface area contributed by atoms with Crippen molar-refractivity contribution in [1.29, 1.82) is 0 Å². The van der Waals surface area contributed by atoms with Crippen LogP contribution in [0.15, 0.2) is 17.2 Å². The molecule has 1 aromatic heterocycles. The highest BCUT2D eigenvalue weighted by molar-refractivity contribution is 7.89. The predicted octanol–water partition coefficient (Wildman–Crippen LogP) is 1.42. The van der Waals surface area contributed by atoms with E-state index in [2.05, 4.69) is 0 Å². The number of hydrogen-bond acceptors (Lipinski definition) is 3. The highest BCUT2D eigenvalue weighted by atomic mass is 32.2. The van der Waals surface area contributed by atoms with E-state index >= 15 is 0 Å². The van der Waals surface area contributed by atoms with Gasteiger partial charge in [-0.05, 0) is 26.8 Å². The van der Waals surface area contributed by atoms with Crippen molar-refractivity contribution < 1.29 is 13.5 Å². The lowest BCUT2D eigenvalue weighted by molar-refractivity contribution is 0.271. The molecule has 1 N–H and O–H groups in total. The second-order valence-electron chi connectivity index (χ2n) is 4.41. The van der Waals surface area contributed by atoms with Crippen molar-refractivity contribution in [2.75, 3.05) is 6.54 Å². The molecule has 0 radical (unpaired) electrons. The minimum atomic E-state index is -3.47. The monoisotopic (exact) mass is 274 g/mol. The molecule has 0 bridgehead atoms. The molecule has 0 aliphatic carbocycles. The first-order valence-corrected chi connectivity index (χ1v) is 7.64. The van der Waals surface area contributed by atoms with Crippen LogP contribution in [-0.2, 0) is 23.2 Å². The highest BCUT2D eigenvalue weighted by Gasteiger charge is 2.27. The molecule has 1 heterocycles. The fraction of sp³-hybridized carbons (Fsp3) is 0.667. The number of rotatable bonds is 6. The molecule has 6 heteroatoms. The van der Waals surface area contributed by atoms with E-state index in [1.807, 2.05) is 27.7 Å². The number of aliphatic hydroxyl groups excluding tert-OH is 1. The number of nitrogens with zero attached hydrogens (tertiary/aromatic N) is 2. The lowest BCUT2D eigenvalue weighted by atomic mass is 10.4. The molecule has 104 valence electrons. The van der Waals surface area contributed by atoms with Crippen LogP contribution in [0.3, 0.4) is 0 Å². The van der Waals surface area contributed by atoms with Crippen LogP contribution in [0.5, 0.6) is 0 Å². The number of sulfonamides is 1. The Hall–Kier alpha value is -0.850. The second kappa shape index (κ2) is 5.86. The third kappa shape index (κ3) is 2.76. The summed E-state index contributed by atoms with van der Waals surface area (Å²) in [5, 5.41) is 9.20. The van der Waals surface area contributed by atoms with Crippen molar-refractivity contribution in [3.05, 3.63) is 18.0 Å². The van der Waals surface area contributed by atoms with Crippen molar-refractivity contribution in [3.63, 3.8) is 0 Å². The Kier molecular flexibility index (Phi) is 4.95. The van der Waals surface area contributed by atoms with Gasteiger partial charge < -0.3 is 9.67 Å². The third-order valence-corrected chi connectivity index (χ3v) is 5.07. The van der Waals surface area contributed by atoms with E-state index in [0.717, 1.165) is 0 Å². The van der Waals surface area contributed by atoms with Gasteiger partial charge in [-0.1, -0.05) is 6.92 Å². The van der Waals surface area contributed by atoms with Gasteiger partial charge in [0.2, 0.25) is 10.0 Å². The molecule has 0 aliphatic heterocycles. The van der Waals surface area contributed by atoms with Crippen LogP contribution >= 0.6 is 0 Å². The summed E-state index contributed by atoms with van der Waals surface area (Å²) in [5.74, 6) is 0. The number of aromatic nitrogens is 1. The SMILES string of the molecule is CCN(C(C)C)S(=O)(=O)c1cc(CO)n(CC)c1. The standard InChI is InChI=1S/C12H22N2O3S/c1-5-13-8-12(7-11(13)9-15)18(16,17)14(6-2)10(3)4/h7-8,10,15H,5-6,9H2,1-4H3. The molecular weight excluding hydrogens is 252 g/mol. The molecule has 0 aromatic carbocycles. The maximum Gasteiger partial charge on any atom is 0.244 e. The Balaban J connectivity index is 3.23. The van der Waals surface area contributed by atoms with Gasteiger partial charge in [0.1, 0.15) is 4.90 Å². The maximum absolute atomic E-state index is 12.4. The fourth-order valence-electron chi connectivity index (χ4n) is 2.04. The zero-order chi connectivity index (χ0) is 13.9. The fourth-order valence-corrected chi connectivity index (χ4v) is 3.75. The van der Waals surface area contributed by atoms with E-state index in [-0.39, 0.29) is 17.5 Å². The van der Waals surface area contributed by atoms with Crippen LogP contribution in [0.4, 0.5) is 0 Å². The average molecular weight is 274 g/mol. The van der Waals surface area contributed by atoms with Crippen LogP contribution in [-0.4, -0.2) is 35.0 Å². The van der Waals surface area contributed by atoms with Crippen LogP contribution in [0.2, 0.25) is 0 Å². The molecule has 5 nitrogen and oxygen atoms in total. The zero-order valence-electron chi connectivity index (χ0n) is 11.4. The topological polar surface area (TPSA) is 62.5 Å². The van der Waals surface area contributed by atoms with Gasteiger partial charge in [-0.2, -0.15) is 4.31 Å². The van der Waals surface area contributed by atoms with Gasteiger partial charge in [0, 0.05) is 31.0 Å². The van der Waals surface area contributed by atoms with E-state index in [0.29, 0.717) is 18.8 Å². The molecule has 18 heavy (non-hydrogen) atoms. The molecule has 0 aliphatic rings. The molecule has 0 spiro atoms. The van der Waals surface area contributed by atoms with Gasteiger partial charge in [-0.3, -0.25) is 0 Å². The molecule has 0 unspecified atom stereocenters. The van der Waals surface area contributed by atoms with E-state index in [1.165, 1.54) is 4.31 Å². The largest absolute Gasteiger partial charge is 0.390 e. The third-order valence-electron chi connectivity index (χ3n) is 2.96. The summed E-state index contributed by atoms with van der Waals surface area (Å²) in [6, 6.07) is 1.46. The minimum absolute atomic E-state index is 0.0810. The Morgan fingerprint density at radius 2 is 2.00 bits per heavy atom. The Morgan fingerprint density at radius 3 is 2.33 bits per heavy atom.